The molecule has 0 bridgehead atoms. The van der Waals surface area contributed by atoms with Gasteiger partial charge in [-0.15, -0.1) is 0 Å². The first-order valence-corrected chi connectivity index (χ1v) is 12.4. The SMILES string of the molecule is CCOc1cc(/C=N/NC(=O)c2cccc(C(F)(F)F)c2)cc(Br)c1OCC(=O)Nc1ccc(Cl)c(Cl)c1. The Morgan fingerprint density at radius 1 is 1.05 bits per heavy atom. The summed E-state index contributed by atoms with van der Waals surface area (Å²) in [6.07, 6.45) is -3.30. The number of carbonyl (C=O) groups is 2. The molecule has 2 N–H and O–H groups in total. The van der Waals surface area contributed by atoms with E-state index in [-0.39, 0.29) is 35.3 Å². The molecule has 0 aromatic heterocycles. The van der Waals surface area contributed by atoms with Gasteiger partial charge in [-0.1, -0.05) is 29.3 Å². The molecule has 7 nitrogen and oxygen atoms in total. The van der Waals surface area contributed by atoms with Gasteiger partial charge in [-0.2, -0.15) is 18.3 Å². The summed E-state index contributed by atoms with van der Waals surface area (Å²) >= 11 is 15.2. The first-order chi connectivity index (χ1) is 18.0. The Balaban J connectivity index is 1.67. The number of hydrogen-bond donors (Lipinski definition) is 2. The van der Waals surface area contributed by atoms with Gasteiger partial charge in [-0.3, -0.25) is 9.59 Å². The highest BCUT2D eigenvalue weighted by Gasteiger charge is 2.30. The molecule has 0 fully saturated rings. The third-order valence-electron chi connectivity index (χ3n) is 4.71. The molecule has 0 saturated carbocycles. The highest BCUT2D eigenvalue weighted by molar-refractivity contribution is 9.10. The van der Waals surface area contributed by atoms with Crippen LogP contribution in [0.1, 0.15) is 28.4 Å². The average Bonchev–Trinajstić information content (AvgIpc) is 2.85. The van der Waals surface area contributed by atoms with Crippen molar-refractivity contribution in [3.05, 3.63) is 85.8 Å². The standard InChI is InChI=1S/C25H19BrCl2F3N3O4/c1-2-37-21-9-14(12-32-34-24(36)15-4-3-5-16(10-15)25(29,30)31)8-18(26)23(21)38-13-22(35)33-17-6-7-19(27)20(28)11-17/h3-12H,2,13H2,1H3,(H,33,35)(H,34,36)/b32-12+. The van der Waals surface area contributed by atoms with E-state index in [2.05, 4.69) is 31.8 Å². The van der Waals surface area contributed by atoms with Crippen molar-refractivity contribution in [2.75, 3.05) is 18.5 Å². The predicted molar refractivity (Wildman–Crippen MR) is 142 cm³/mol. The van der Waals surface area contributed by atoms with Crippen molar-refractivity contribution in [1.82, 2.24) is 5.43 Å². The van der Waals surface area contributed by atoms with E-state index >= 15 is 0 Å². The smallest absolute Gasteiger partial charge is 0.416 e. The zero-order valence-electron chi connectivity index (χ0n) is 19.5. The van der Waals surface area contributed by atoms with Crippen molar-refractivity contribution in [1.29, 1.82) is 0 Å². The Bertz CT molecular complexity index is 1370. The second-order valence-corrected chi connectivity index (χ2v) is 9.18. The number of amides is 2. The molecule has 0 aliphatic heterocycles. The Kier molecular flexibility index (Phi) is 10.0. The summed E-state index contributed by atoms with van der Waals surface area (Å²) in [7, 11) is 0. The van der Waals surface area contributed by atoms with Crippen LogP contribution in [0.25, 0.3) is 0 Å². The number of carbonyl (C=O) groups excluding carboxylic acids is 2. The fourth-order valence-electron chi connectivity index (χ4n) is 3.04. The molecule has 38 heavy (non-hydrogen) atoms. The molecule has 0 saturated heterocycles. The van der Waals surface area contributed by atoms with E-state index in [4.69, 9.17) is 32.7 Å². The third-order valence-corrected chi connectivity index (χ3v) is 6.04. The van der Waals surface area contributed by atoms with Crippen LogP contribution in [0.2, 0.25) is 10.0 Å². The van der Waals surface area contributed by atoms with Crippen LogP contribution < -0.4 is 20.2 Å². The number of hydrazone groups is 1. The van der Waals surface area contributed by atoms with Crippen molar-refractivity contribution in [3.8, 4) is 11.5 Å². The van der Waals surface area contributed by atoms with Gasteiger partial charge in [0.05, 0.1) is 32.9 Å². The van der Waals surface area contributed by atoms with Gasteiger partial charge in [-0.25, -0.2) is 5.43 Å². The summed E-state index contributed by atoms with van der Waals surface area (Å²) in [5, 5.41) is 7.09. The van der Waals surface area contributed by atoms with Crippen LogP contribution in [0.4, 0.5) is 18.9 Å². The van der Waals surface area contributed by atoms with Gasteiger partial charge < -0.3 is 14.8 Å². The molecule has 3 aromatic carbocycles. The summed E-state index contributed by atoms with van der Waals surface area (Å²) in [5.74, 6) is -0.735. The van der Waals surface area contributed by atoms with Crippen LogP contribution in [0.5, 0.6) is 11.5 Å². The second kappa shape index (κ2) is 13.0. The summed E-state index contributed by atoms with van der Waals surface area (Å²) in [6, 6.07) is 11.8. The van der Waals surface area contributed by atoms with Gasteiger partial charge in [0.1, 0.15) is 0 Å². The molecule has 200 valence electrons. The molecule has 3 rings (SSSR count). The number of hydrogen-bond acceptors (Lipinski definition) is 5. The average molecular weight is 633 g/mol. The van der Waals surface area contributed by atoms with Gasteiger partial charge in [0.15, 0.2) is 18.1 Å². The maximum absolute atomic E-state index is 12.9. The third kappa shape index (κ3) is 8.11. The minimum atomic E-state index is -4.57. The molecule has 0 atom stereocenters. The molecule has 0 heterocycles. The monoisotopic (exact) mass is 631 g/mol. The van der Waals surface area contributed by atoms with Crippen LogP contribution in [-0.4, -0.2) is 31.2 Å². The Hall–Kier alpha value is -3.28. The molecular formula is C25H19BrCl2F3N3O4. The van der Waals surface area contributed by atoms with Gasteiger partial charge in [-0.05, 0) is 76.9 Å². The molecule has 0 unspecified atom stereocenters. The second-order valence-electron chi connectivity index (χ2n) is 7.51. The summed E-state index contributed by atoms with van der Waals surface area (Å²) in [6.45, 7) is 1.69. The molecule has 0 spiro atoms. The normalized spacial score (nSPS) is 11.3. The highest BCUT2D eigenvalue weighted by Crippen LogP contribution is 2.37. The van der Waals surface area contributed by atoms with Crippen LogP contribution in [0.15, 0.2) is 64.2 Å². The first-order valence-electron chi connectivity index (χ1n) is 10.8. The quantitative estimate of drug-likeness (QED) is 0.197. The molecule has 0 aliphatic carbocycles. The van der Waals surface area contributed by atoms with E-state index in [1.807, 2.05) is 0 Å². The maximum Gasteiger partial charge on any atom is 0.416 e. The van der Waals surface area contributed by atoms with Crippen molar-refractivity contribution >= 4 is 62.8 Å². The van der Waals surface area contributed by atoms with Crippen LogP contribution in [-0.2, 0) is 11.0 Å². The molecular weight excluding hydrogens is 614 g/mol. The number of rotatable bonds is 9. The number of benzene rings is 3. The molecule has 13 heteroatoms. The lowest BCUT2D eigenvalue weighted by atomic mass is 10.1. The number of nitrogens with zero attached hydrogens (tertiary/aromatic N) is 1. The minimum Gasteiger partial charge on any atom is -0.490 e. The van der Waals surface area contributed by atoms with Crippen molar-refractivity contribution in [3.63, 3.8) is 0 Å². The maximum atomic E-state index is 12.9. The Morgan fingerprint density at radius 2 is 1.82 bits per heavy atom. The van der Waals surface area contributed by atoms with Gasteiger partial charge >= 0.3 is 6.18 Å². The Labute approximate surface area is 234 Å². The lowest BCUT2D eigenvalue weighted by Gasteiger charge is -2.14. The Morgan fingerprint density at radius 3 is 2.50 bits per heavy atom. The molecule has 0 radical (unpaired) electrons. The van der Waals surface area contributed by atoms with Crippen LogP contribution in [0.3, 0.4) is 0 Å². The summed E-state index contributed by atoms with van der Waals surface area (Å²) in [4.78, 5) is 24.6. The number of ether oxygens (including phenoxy) is 2. The minimum absolute atomic E-state index is 0.198. The number of anilines is 1. The van der Waals surface area contributed by atoms with Gasteiger partial charge in [0.25, 0.3) is 11.8 Å². The summed E-state index contributed by atoms with van der Waals surface area (Å²) in [5.41, 5.74) is 1.96. The largest absolute Gasteiger partial charge is 0.490 e. The number of alkyl halides is 3. The van der Waals surface area contributed by atoms with E-state index in [1.165, 1.54) is 18.3 Å². The predicted octanol–water partition coefficient (Wildman–Crippen LogP) is 6.95. The van der Waals surface area contributed by atoms with Gasteiger partial charge in [0, 0.05) is 11.3 Å². The zero-order chi connectivity index (χ0) is 27.9. The van der Waals surface area contributed by atoms with E-state index in [1.54, 1.807) is 31.2 Å². The lowest BCUT2D eigenvalue weighted by molar-refractivity contribution is -0.137. The summed E-state index contributed by atoms with van der Waals surface area (Å²) < 4.78 is 50.3. The van der Waals surface area contributed by atoms with E-state index in [9.17, 15) is 22.8 Å². The van der Waals surface area contributed by atoms with Crippen molar-refractivity contribution in [2.24, 2.45) is 5.10 Å². The van der Waals surface area contributed by atoms with Crippen molar-refractivity contribution in [2.45, 2.75) is 13.1 Å². The molecule has 3 aromatic rings. The first kappa shape index (κ1) is 29.3. The lowest BCUT2D eigenvalue weighted by Crippen LogP contribution is -2.20. The van der Waals surface area contributed by atoms with Crippen LogP contribution in [0, 0.1) is 0 Å². The van der Waals surface area contributed by atoms with E-state index in [0.29, 0.717) is 20.7 Å². The topological polar surface area (TPSA) is 89.0 Å². The van der Waals surface area contributed by atoms with Crippen LogP contribution >= 0.6 is 39.1 Å². The number of nitrogens with one attached hydrogen (secondary N) is 2. The zero-order valence-corrected chi connectivity index (χ0v) is 22.6. The fraction of sp³-hybridized carbons (Fsp3) is 0.160. The van der Waals surface area contributed by atoms with E-state index < -0.39 is 23.6 Å². The number of halogens is 6. The highest BCUT2D eigenvalue weighted by atomic mass is 79.9. The van der Waals surface area contributed by atoms with Crippen molar-refractivity contribution < 1.29 is 32.2 Å². The fourth-order valence-corrected chi connectivity index (χ4v) is 3.91. The molecule has 2 amide bonds. The van der Waals surface area contributed by atoms with Gasteiger partial charge in [0.2, 0.25) is 0 Å². The van der Waals surface area contributed by atoms with E-state index in [0.717, 1.165) is 18.2 Å². The molecule has 0 aliphatic rings.